The first-order valence-corrected chi connectivity index (χ1v) is 10.8. The number of ketones is 1. The van der Waals surface area contributed by atoms with Crippen molar-refractivity contribution in [1.82, 2.24) is 5.32 Å². The lowest BCUT2D eigenvalue weighted by Gasteiger charge is -2.23. The van der Waals surface area contributed by atoms with Crippen molar-refractivity contribution in [3.05, 3.63) is 92.9 Å². The molecule has 0 atom stereocenters. The van der Waals surface area contributed by atoms with Gasteiger partial charge in [0.2, 0.25) is 0 Å². The predicted molar refractivity (Wildman–Crippen MR) is 129 cm³/mol. The number of hydrogen-bond donors (Lipinski definition) is 2. The topological polar surface area (TPSA) is 75.6 Å². The van der Waals surface area contributed by atoms with Crippen LogP contribution < -0.4 is 20.5 Å². The molecular weight excluding hydrogens is 414 g/mol. The molecule has 5 heteroatoms. The Morgan fingerprint density at radius 2 is 1.70 bits per heavy atom. The summed E-state index contributed by atoms with van der Waals surface area (Å²) < 4.78 is 6.21. The smallest absolute Gasteiger partial charge is 0.336 e. The van der Waals surface area contributed by atoms with E-state index in [4.69, 9.17) is 4.74 Å². The van der Waals surface area contributed by atoms with Gasteiger partial charge >= 0.3 is 5.97 Å². The zero-order valence-corrected chi connectivity index (χ0v) is 19.3. The van der Waals surface area contributed by atoms with Gasteiger partial charge in [0.05, 0.1) is 5.56 Å². The first-order valence-electron chi connectivity index (χ1n) is 10.8. The number of hydrogen-bond acceptors (Lipinski definition) is 4. The Balaban J connectivity index is 2.02. The van der Waals surface area contributed by atoms with E-state index < -0.39 is 11.4 Å². The fraction of sp³-hybridized carbons (Fsp3) is 0.214. The molecule has 0 spiro atoms. The molecule has 0 radical (unpaired) electrons. The highest BCUT2D eigenvalue weighted by Crippen LogP contribution is 2.38. The number of Topliss-reactive ketones (excluding diaryl/α,β-unsaturated/α-hetero) is 1. The first kappa shape index (κ1) is 22.5. The van der Waals surface area contributed by atoms with Crippen LogP contribution in [0.5, 0.6) is 11.5 Å². The van der Waals surface area contributed by atoms with E-state index in [1.54, 1.807) is 12.1 Å². The van der Waals surface area contributed by atoms with Crippen molar-refractivity contribution in [3.8, 4) is 11.5 Å². The van der Waals surface area contributed by atoms with Crippen molar-refractivity contribution < 1.29 is 19.4 Å². The van der Waals surface area contributed by atoms with E-state index in [0.29, 0.717) is 29.2 Å². The summed E-state index contributed by atoms with van der Waals surface area (Å²) in [6, 6.07) is 16.5. The average Bonchev–Trinajstić information content (AvgIpc) is 2.76. The van der Waals surface area contributed by atoms with Crippen molar-refractivity contribution in [2.45, 2.75) is 27.3 Å². The number of ether oxygens (including phenoxy) is 1. The highest BCUT2D eigenvalue weighted by Gasteiger charge is 2.27. The van der Waals surface area contributed by atoms with Gasteiger partial charge in [-0.05, 0) is 41.6 Å². The summed E-state index contributed by atoms with van der Waals surface area (Å²) in [5.41, 5.74) is 3.00. The molecule has 0 amide bonds. The molecule has 168 valence electrons. The molecule has 1 heterocycles. The third kappa shape index (κ3) is 4.20. The highest BCUT2D eigenvalue weighted by atomic mass is 16.5. The van der Waals surface area contributed by atoms with Crippen LogP contribution in [0.4, 0.5) is 0 Å². The van der Waals surface area contributed by atoms with E-state index in [1.165, 1.54) is 6.07 Å². The average molecular weight is 442 g/mol. The molecule has 2 N–H and O–H groups in total. The lowest BCUT2D eigenvalue weighted by Crippen LogP contribution is -2.22. The van der Waals surface area contributed by atoms with E-state index in [9.17, 15) is 14.7 Å². The number of carbonyl (C=O) groups excluding carboxylic acids is 1. The predicted octanol–water partition coefficient (Wildman–Crippen LogP) is 4.10. The Morgan fingerprint density at radius 3 is 2.36 bits per heavy atom. The van der Waals surface area contributed by atoms with Crippen molar-refractivity contribution in [2.75, 3.05) is 7.05 Å². The number of carboxylic acid groups (broad SMARTS) is 1. The minimum absolute atomic E-state index is 0.0805. The summed E-state index contributed by atoms with van der Waals surface area (Å²) in [5.74, 6) is 0.0868. The summed E-state index contributed by atoms with van der Waals surface area (Å²) in [4.78, 5) is 25.2. The van der Waals surface area contributed by atoms with Crippen LogP contribution in [0.15, 0.2) is 54.6 Å². The maximum absolute atomic E-state index is 12.8. The van der Waals surface area contributed by atoms with E-state index in [-0.39, 0.29) is 11.3 Å². The number of benzene rings is 3. The van der Waals surface area contributed by atoms with Gasteiger partial charge in [-0.15, -0.1) is 0 Å². The summed E-state index contributed by atoms with van der Waals surface area (Å²) in [6.45, 7) is 10.1. The molecule has 0 bridgehead atoms. The van der Waals surface area contributed by atoms with Gasteiger partial charge in [-0.2, -0.15) is 0 Å². The fourth-order valence-corrected chi connectivity index (χ4v) is 4.10. The van der Waals surface area contributed by atoms with E-state index >= 15 is 0 Å². The molecule has 1 aliphatic rings. The lowest BCUT2D eigenvalue weighted by molar-refractivity contribution is 0.0696. The fourth-order valence-electron chi connectivity index (χ4n) is 4.10. The molecule has 33 heavy (non-hydrogen) atoms. The second kappa shape index (κ2) is 8.34. The molecule has 0 fully saturated rings. The quantitative estimate of drug-likeness (QED) is 0.456. The first-order chi connectivity index (χ1) is 15.6. The third-order valence-electron chi connectivity index (χ3n) is 5.69. The molecule has 3 aromatic rings. The zero-order chi connectivity index (χ0) is 23.9. The molecule has 0 unspecified atom stereocenters. The summed E-state index contributed by atoms with van der Waals surface area (Å²) >= 11 is 0. The minimum atomic E-state index is -1.09. The maximum atomic E-state index is 12.8. The lowest BCUT2D eigenvalue weighted by atomic mass is 9.83. The van der Waals surface area contributed by atoms with E-state index in [1.807, 2.05) is 64.2 Å². The SMILES string of the molecule is C=c1ccc2c(c1)Oc1cc(CNC)ccc1C=2c1ccc(C(=O)C(C)(C)C)cc1C(=O)O. The number of carboxylic acids is 1. The number of aromatic carboxylic acids is 1. The maximum Gasteiger partial charge on any atom is 0.336 e. The van der Waals surface area contributed by atoms with Gasteiger partial charge in [0.15, 0.2) is 5.78 Å². The molecule has 0 saturated carbocycles. The van der Waals surface area contributed by atoms with Gasteiger partial charge in [0.25, 0.3) is 0 Å². The Labute approximate surface area is 193 Å². The van der Waals surface area contributed by atoms with Crippen LogP contribution in [0, 0.1) is 5.41 Å². The second-order valence-electron chi connectivity index (χ2n) is 9.31. The molecule has 3 aromatic carbocycles. The van der Waals surface area contributed by atoms with Gasteiger partial charge in [-0.1, -0.05) is 63.7 Å². The minimum Gasteiger partial charge on any atom is -0.478 e. The van der Waals surface area contributed by atoms with E-state index in [2.05, 4.69) is 11.9 Å². The van der Waals surface area contributed by atoms with Crippen LogP contribution in [0.3, 0.4) is 0 Å². The molecular formula is C28H27NO4. The van der Waals surface area contributed by atoms with Crippen molar-refractivity contribution in [3.63, 3.8) is 0 Å². The molecule has 5 nitrogen and oxygen atoms in total. The standard InChI is InChI=1S/C28H27NO4/c1-16-6-9-20-23(12-16)33-24-13-17(15-29-5)7-10-21(24)25(20)19-11-8-18(14-22(19)27(31)32)26(30)28(2,3)4/h6-14,29H,1,15H2,2-5H3,(H,31,32). The number of rotatable bonds is 5. The van der Waals surface area contributed by atoms with E-state index in [0.717, 1.165) is 27.1 Å². The monoisotopic (exact) mass is 441 g/mol. The zero-order valence-electron chi connectivity index (χ0n) is 19.3. The van der Waals surface area contributed by atoms with Gasteiger partial charge in [0, 0.05) is 33.9 Å². The van der Waals surface area contributed by atoms with Crippen LogP contribution in [-0.4, -0.2) is 23.9 Å². The van der Waals surface area contributed by atoms with Crippen LogP contribution in [-0.2, 0) is 6.54 Å². The van der Waals surface area contributed by atoms with Gasteiger partial charge in [0.1, 0.15) is 11.5 Å². The Hall–Kier alpha value is -3.70. The summed E-state index contributed by atoms with van der Waals surface area (Å²) in [7, 11) is 1.88. The Kier molecular flexibility index (Phi) is 5.68. The van der Waals surface area contributed by atoms with Crippen LogP contribution >= 0.6 is 0 Å². The second-order valence-corrected chi connectivity index (χ2v) is 9.31. The molecule has 0 aliphatic carbocycles. The van der Waals surface area contributed by atoms with Crippen LogP contribution in [0.1, 0.15) is 58.2 Å². The number of fused-ring (bicyclic) bond motifs is 2. The van der Waals surface area contributed by atoms with Crippen LogP contribution in [0.25, 0.3) is 12.2 Å². The molecule has 0 aromatic heterocycles. The number of nitrogens with one attached hydrogen (secondary N) is 1. The summed E-state index contributed by atoms with van der Waals surface area (Å²) in [6.07, 6.45) is 0. The normalized spacial score (nSPS) is 12.5. The largest absolute Gasteiger partial charge is 0.478 e. The Bertz CT molecular complexity index is 1400. The van der Waals surface area contributed by atoms with Gasteiger partial charge in [-0.3, -0.25) is 4.79 Å². The number of carbonyl (C=O) groups is 2. The van der Waals surface area contributed by atoms with Crippen molar-refractivity contribution >= 4 is 23.9 Å². The van der Waals surface area contributed by atoms with Gasteiger partial charge < -0.3 is 15.2 Å². The van der Waals surface area contributed by atoms with Crippen molar-refractivity contribution in [2.24, 2.45) is 5.41 Å². The van der Waals surface area contributed by atoms with Crippen molar-refractivity contribution in [1.29, 1.82) is 0 Å². The van der Waals surface area contributed by atoms with Crippen LogP contribution in [0.2, 0.25) is 0 Å². The molecule has 1 aliphatic heterocycles. The molecule has 4 rings (SSSR count). The van der Waals surface area contributed by atoms with Gasteiger partial charge in [-0.25, -0.2) is 4.79 Å². The summed E-state index contributed by atoms with van der Waals surface area (Å²) in [5, 5.41) is 14.8. The third-order valence-corrected chi connectivity index (χ3v) is 5.69. The highest BCUT2D eigenvalue weighted by molar-refractivity contribution is 6.04. The Morgan fingerprint density at radius 1 is 0.970 bits per heavy atom. The molecule has 0 saturated heterocycles.